The molecule has 20 aromatic carbocycles. The molecular formula is C112H68N2O2. The highest BCUT2D eigenvalue weighted by Crippen LogP contribution is 2.65. The molecule has 3 aliphatic carbocycles. The lowest BCUT2D eigenvalue weighted by atomic mass is 9.67. The maximum Gasteiger partial charge on any atom is 0.227 e. The van der Waals surface area contributed by atoms with Crippen LogP contribution in [0.3, 0.4) is 0 Å². The summed E-state index contributed by atoms with van der Waals surface area (Å²) in [7, 11) is 0. The molecule has 3 aliphatic rings. The average Bonchev–Trinajstić information content (AvgIpc) is 1.50. The maximum atomic E-state index is 6.55. The van der Waals surface area contributed by atoms with Gasteiger partial charge in [-0.15, -0.1) is 0 Å². The van der Waals surface area contributed by atoms with Crippen LogP contribution >= 0.6 is 0 Å². The molecule has 0 radical (unpaired) electrons. The Morgan fingerprint density at radius 3 is 1.06 bits per heavy atom. The molecule has 1 spiro atoms. The van der Waals surface area contributed by atoms with E-state index in [1.807, 2.05) is 60.7 Å². The minimum atomic E-state index is -0.489. The third kappa shape index (κ3) is 9.87. The SMILES string of the molecule is c1ccc(-c2nc3ccc4ccc5ccc(-c6cccc(-c7ccc8c(c7)C(c7ccccc7)(c7ccccc7)c7cc9ccccc9cc7-8)c6)cc5c4c3o2)cc1.c1ccc(-c2nc3ccc4ccc5ccc(-c6cccc(-c7ccc8c(c7)C7(c9ccccc9-c9ccccc97)c7c-8ccc8ccccc78)c6)cc5c4c3o2)cc1. The van der Waals surface area contributed by atoms with Crippen LogP contribution in [-0.4, -0.2) is 9.97 Å². The first kappa shape index (κ1) is 65.6. The second-order valence-electron chi connectivity index (χ2n) is 31.3. The van der Waals surface area contributed by atoms with Gasteiger partial charge in [-0.25, -0.2) is 9.97 Å². The highest BCUT2D eigenvalue weighted by molar-refractivity contribution is 6.20. The lowest BCUT2D eigenvalue weighted by Gasteiger charge is -2.34. The molecule has 25 rings (SSSR count). The average molecular weight is 1470 g/mol. The number of aromatic nitrogens is 2. The van der Waals surface area contributed by atoms with E-state index in [4.69, 9.17) is 18.8 Å². The third-order valence-corrected chi connectivity index (χ3v) is 25.2. The number of nitrogens with zero attached hydrogens (tertiary/aromatic N) is 2. The van der Waals surface area contributed by atoms with Gasteiger partial charge in [-0.1, -0.05) is 328 Å². The van der Waals surface area contributed by atoms with Gasteiger partial charge in [0, 0.05) is 21.9 Å². The number of oxazole rings is 2. The molecule has 538 valence electrons. The van der Waals surface area contributed by atoms with Crippen LogP contribution in [0.2, 0.25) is 0 Å². The first-order valence-electron chi connectivity index (χ1n) is 40.0. The Labute approximate surface area is 669 Å². The number of fused-ring (bicyclic) bond motifs is 26. The Bertz CT molecular complexity index is 7730. The Kier molecular flexibility index (Phi) is 14.5. The lowest BCUT2D eigenvalue weighted by Crippen LogP contribution is -2.28. The van der Waals surface area contributed by atoms with Gasteiger partial charge >= 0.3 is 0 Å². The summed E-state index contributed by atoms with van der Waals surface area (Å²) in [4.78, 5) is 9.80. The normalized spacial score (nSPS) is 13.1. The van der Waals surface area contributed by atoms with E-state index in [9.17, 15) is 0 Å². The zero-order valence-corrected chi connectivity index (χ0v) is 63.0. The molecule has 0 fully saturated rings. The van der Waals surface area contributed by atoms with Crippen LogP contribution in [0.15, 0.2) is 421 Å². The van der Waals surface area contributed by atoms with Crippen LogP contribution in [0.1, 0.15) is 44.5 Å². The molecule has 0 amide bonds. The van der Waals surface area contributed by atoms with Crippen molar-refractivity contribution in [3.05, 3.63) is 457 Å². The minimum absolute atomic E-state index is 0.432. The molecular weight excluding hydrogens is 1410 g/mol. The molecule has 4 nitrogen and oxygen atoms in total. The van der Waals surface area contributed by atoms with Gasteiger partial charge in [-0.2, -0.15) is 0 Å². The highest BCUT2D eigenvalue weighted by Gasteiger charge is 2.53. The monoisotopic (exact) mass is 1470 g/mol. The van der Waals surface area contributed by atoms with Gasteiger partial charge in [0.15, 0.2) is 11.2 Å². The summed E-state index contributed by atoms with van der Waals surface area (Å²) in [6, 6.07) is 151. The first-order chi connectivity index (χ1) is 57.5. The molecule has 0 saturated heterocycles. The Morgan fingerprint density at radius 2 is 0.534 bits per heavy atom. The maximum absolute atomic E-state index is 6.55. The zero-order valence-electron chi connectivity index (χ0n) is 63.0. The van der Waals surface area contributed by atoms with Crippen molar-refractivity contribution in [2.75, 3.05) is 0 Å². The molecule has 0 N–H and O–H groups in total. The summed E-state index contributed by atoms with van der Waals surface area (Å²) in [5.74, 6) is 1.28. The predicted octanol–water partition coefficient (Wildman–Crippen LogP) is 29.3. The summed E-state index contributed by atoms with van der Waals surface area (Å²) in [5.41, 5.74) is 32.3. The predicted molar refractivity (Wildman–Crippen MR) is 479 cm³/mol. The summed E-state index contributed by atoms with van der Waals surface area (Å²) in [6.45, 7) is 0. The fourth-order valence-electron chi connectivity index (χ4n) is 20.0. The molecule has 0 atom stereocenters. The minimum Gasteiger partial charge on any atom is -0.435 e. The molecule has 4 heteroatoms. The fourth-order valence-corrected chi connectivity index (χ4v) is 20.0. The molecule has 2 heterocycles. The summed E-state index contributed by atoms with van der Waals surface area (Å²) in [6.07, 6.45) is 0. The van der Waals surface area contributed by atoms with Crippen LogP contribution in [0.4, 0.5) is 0 Å². The molecule has 0 unspecified atom stereocenters. The van der Waals surface area contributed by atoms with Crippen LogP contribution in [0, 0.1) is 0 Å². The quantitative estimate of drug-likeness (QED) is 0.142. The smallest absolute Gasteiger partial charge is 0.227 e. The molecule has 0 aliphatic heterocycles. The first-order valence-corrected chi connectivity index (χ1v) is 40.0. The number of hydrogen-bond donors (Lipinski definition) is 0. The molecule has 22 aromatic rings. The van der Waals surface area contributed by atoms with Gasteiger partial charge < -0.3 is 8.83 Å². The molecule has 2 aromatic heterocycles. The van der Waals surface area contributed by atoms with E-state index in [2.05, 4.69) is 352 Å². The third-order valence-electron chi connectivity index (χ3n) is 25.2. The summed E-state index contributed by atoms with van der Waals surface area (Å²) in [5, 5.41) is 14.2. The van der Waals surface area contributed by atoms with E-state index in [1.54, 1.807) is 0 Å². The van der Waals surface area contributed by atoms with Crippen molar-refractivity contribution in [2.45, 2.75) is 10.8 Å². The summed E-state index contributed by atoms with van der Waals surface area (Å²) >= 11 is 0. The van der Waals surface area contributed by atoms with E-state index in [-0.39, 0.29) is 0 Å². The number of benzene rings is 20. The molecule has 116 heavy (non-hydrogen) atoms. The van der Waals surface area contributed by atoms with Crippen molar-refractivity contribution in [3.8, 4) is 101 Å². The van der Waals surface area contributed by atoms with Crippen molar-refractivity contribution in [1.82, 2.24) is 9.97 Å². The molecule has 0 saturated carbocycles. The Morgan fingerprint density at radius 1 is 0.190 bits per heavy atom. The van der Waals surface area contributed by atoms with E-state index in [0.29, 0.717) is 11.8 Å². The Hall–Kier alpha value is -15.1. The van der Waals surface area contributed by atoms with Gasteiger partial charge in [0.1, 0.15) is 11.0 Å². The highest BCUT2D eigenvalue weighted by atomic mass is 16.4. The van der Waals surface area contributed by atoms with Crippen molar-refractivity contribution >= 4 is 86.8 Å². The van der Waals surface area contributed by atoms with Crippen molar-refractivity contribution in [1.29, 1.82) is 0 Å². The van der Waals surface area contributed by atoms with E-state index in [0.717, 1.165) is 76.8 Å². The zero-order chi connectivity index (χ0) is 76.2. The fraction of sp³-hybridized carbons (Fsp3) is 0.0179. The second-order valence-corrected chi connectivity index (χ2v) is 31.3. The van der Waals surface area contributed by atoms with Crippen molar-refractivity contribution in [2.24, 2.45) is 0 Å². The lowest BCUT2D eigenvalue weighted by molar-refractivity contribution is 0.623. The number of rotatable bonds is 8. The van der Waals surface area contributed by atoms with Crippen molar-refractivity contribution in [3.63, 3.8) is 0 Å². The van der Waals surface area contributed by atoms with Gasteiger partial charge in [0.2, 0.25) is 11.8 Å². The van der Waals surface area contributed by atoms with E-state index in [1.165, 1.54) is 144 Å². The van der Waals surface area contributed by atoms with Gasteiger partial charge in [0.25, 0.3) is 0 Å². The van der Waals surface area contributed by atoms with Crippen LogP contribution < -0.4 is 0 Å². The van der Waals surface area contributed by atoms with Gasteiger partial charge in [0.05, 0.1) is 10.8 Å². The second kappa shape index (κ2) is 25.7. The topological polar surface area (TPSA) is 52.1 Å². The van der Waals surface area contributed by atoms with Crippen LogP contribution in [0.25, 0.3) is 188 Å². The molecule has 0 bridgehead atoms. The largest absolute Gasteiger partial charge is 0.435 e. The van der Waals surface area contributed by atoms with Crippen molar-refractivity contribution < 1.29 is 8.83 Å². The standard InChI is InChI=1S/C56H33NO.C56H35NO/c1-2-12-37(13-3-1)55-57-51-30-27-36-23-21-35-22-24-40(32-47(35)52(36)54(51)58-55)38-14-10-15-39(31-38)41-26-28-45-46-29-25-34-11-4-5-16-42(34)53(46)56(50(45)33-41)48-19-8-6-17-43(48)44-18-7-9-20-49(44)56;1-4-13-38(14-5-1)55-57-52-30-28-37-25-23-36-24-26-43(32-48(36)53(37)54(52)58-55)39-17-12-18-40(31-39)44-27-29-47-49-33-41-15-10-11-16-42(41)34-51(49)56(50(47)35-44,45-19-6-2-7-20-45)46-21-8-3-9-22-46/h1-33H;1-35H. The van der Waals surface area contributed by atoms with Gasteiger partial charge in [-0.3, -0.25) is 0 Å². The summed E-state index contributed by atoms with van der Waals surface area (Å²) < 4.78 is 13.1. The van der Waals surface area contributed by atoms with Crippen LogP contribution in [0.5, 0.6) is 0 Å². The Balaban J connectivity index is 0.000000133. The number of hydrogen-bond acceptors (Lipinski definition) is 4. The van der Waals surface area contributed by atoms with Gasteiger partial charge in [-0.05, 0) is 261 Å². The van der Waals surface area contributed by atoms with Crippen LogP contribution in [-0.2, 0) is 10.8 Å². The van der Waals surface area contributed by atoms with E-state index < -0.39 is 10.8 Å². The van der Waals surface area contributed by atoms with E-state index >= 15 is 0 Å².